The van der Waals surface area contributed by atoms with Crippen LogP contribution in [0.4, 0.5) is 4.79 Å². The van der Waals surface area contributed by atoms with E-state index in [1.165, 1.54) is 11.1 Å². The Hall–Kier alpha value is -3.68. The molecule has 3 atom stereocenters. The maximum atomic E-state index is 13.3. The second-order valence-electron chi connectivity index (χ2n) is 10.6. The highest BCUT2D eigenvalue weighted by Gasteiger charge is 2.34. The van der Waals surface area contributed by atoms with Crippen LogP contribution in [0.1, 0.15) is 49.3 Å². The summed E-state index contributed by atoms with van der Waals surface area (Å²) in [6.45, 7) is 5.13. The summed E-state index contributed by atoms with van der Waals surface area (Å²) in [4.78, 5) is 26.2. The van der Waals surface area contributed by atoms with Gasteiger partial charge >= 0.3 is 6.09 Å². The van der Waals surface area contributed by atoms with Gasteiger partial charge in [0.05, 0.1) is 19.3 Å². The van der Waals surface area contributed by atoms with E-state index >= 15 is 0 Å². The third-order valence-electron chi connectivity index (χ3n) is 7.28. The first-order valence-corrected chi connectivity index (χ1v) is 13.7. The molecule has 0 aromatic heterocycles. The van der Waals surface area contributed by atoms with Crippen molar-refractivity contribution >= 4 is 12.0 Å². The van der Waals surface area contributed by atoms with Gasteiger partial charge in [-0.05, 0) is 46.6 Å². The number of carbonyl (C=O) groups is 2. The van der Waals surface area contributed by atoms with Crippen molar-refractivity contribution in [2.75, 3.05) is 13.2 Å². The van der Waals surface area contributed by atoms with E-state index in [9.17, 15) is 9.59 Å². The summed E-state index contributed by atoms with van der Waals surface area (Å²) < 4.78 is 17.4. The van der Waals surface area contributed by atoms with E-state index in [1.807, 2.05) is 68.4 Å². The second kappa shape index (κ2) is 12.5. The molecule has 0 radical (unpaired) electrons. The minimum Gasteiger partial charge on any atom is -0.449 e. The van der Waals surface area contributed by atoms with Crippen molar-refractivity contribution in [1.29, 1.82) is 0 Å². The molecule has 0 spiro atoms. The molecule has 5 rings (SSSR count). The zero-order valence-corrected chi connectivity index (χ0v) is 22.5. The number of nitrogens with one attached hydrogen (secondary N) is 2. The Morgan fingerprint density at radius 3 is 2.23 bits per heavy atom. The lowest BCUT2D eigenvalue weighted by Crippen LogP contribution is -2.52. The van der Waals surface area contributed by atoms with E-state index in [4.69, 9.17) is 14.2 Å². The van der Waals surface area contributed by atoms with Gasteiger partial charge in [0.15, 0.2) is 6.29 Å². The summed E-state index contributed by atoms with van der Waals surface area (Å²) >= 11 is 0. The first-order chi connectivity index (χ1) is 19.0. The molecule has 2 aliphatic rings. The summed E-state index contributed by atoms with van der Waals surface area (Å²) in [5.41, 5.74) is 5.66. The summed E-state index contributed by atoms with van der Waals surface area (Å²) in [5.74, 6) is -0.112. The predicted octanol–water partition coefficient (Wildman–Crippen LogP) is 5.39. The van der Waals surface area contributed by atoms with Crippen molar-refractivity contribution in [3.63, 3.8) is 0 Å². The van der Waals surface area contributed by atoms with Crippen LogP contribution < -0.4 is 10.6 Å². The average Bonchev–Trinajstić information content (AvgIpc) is 3.52. The topological polar surface area (TPSA) is 85.9 Å². The van der Waals surface area contributed by atoms with Crippen LogP contribution in [0.5, 0.6) is 0 Å². The zero-order valence-electron chi connectivity index (χ0n) is 22.5. The van der Waals surface area contributed by atoms with E-state index in [1.54, 1.807) is 0 Å². The van der Waals surface area contributed by atoms with Crippen LogP contribution in [0.2, 0.25) is 0 Å². The Bertz CT molecular complexity index is 1230. The maximum Gasteiger partial charge on any atom is 0.407 e. The Morgan fingerprint density at radius 1 is 0.923 bits per heavy atom. The monoisotopic (exact) mass is 528 g/mol. The summed E-state index contributed by atoms with van der Waals surface area (Å²) in [6.07, 6.45) is -0.00975. The summed E-state index contributed by atoms with van der Waals surface area (Å²) in [5, 5.41) is 5.85. The summed E-state index contributed by atoms with van der Waals surface area (Å²) in [6, 6.07) is 25.2. The highest BCUT2D eigenvalue weighted by atomic mass is 16.7. The van der Waals surface area contributed by atoms with E-state index in [0.29, 0.717) is 26.1 Å². The molecule has 2 amide bonds. The lowest BCUT2D eigenvalue weighted by Gasteiger charge is -2.25. The molecule has 0 bridgehead atoms. The van der Waals surface area contributed by atoms with E-state index in [-0.39, 0.29) is 30.4 Å². The van der Waals surface area contributed by atoms with Crippen LogP contribution in [0.15, 0.2) is 78.9 Å². The quantitative estimate of drug-likeness (QED) is 0.369. The Labute approximate surface area is 229 Å². The highest BCUT2D eigenvalue weighted by Crippen LogP contribution is 2.44. The normalized spacial score (nSPS) is 18.8. The van der Waals surface area contributed by atoms with Crippen molar-refractivity contribution < 1.29 is 23.8 Å². The largest absolute Gasteiger partial charge is 0.449 e. The molecule has 1 unspecified atom stereocenters. The van der Waals surface area contributed by atoms with Gasteiger partial charge in [0, 0.05) is 5.92 Å². The third kappa shape index (κ3) is 6.49. The Kier molecular flexibility index (Phi) is 8.59. The number of fused-ring (bicyclic) bond motifs is 3. The molecule has 39 heavy (non-hydrogen) atoms. The Morgan fingerprint density at radius 2 is 1.56 bits per heavy atom. The predicted molar refractivity (Wildman–Crippen MR) is 149 cm³/mol. The molecule has 3 aromatic rings. The van der Waals surface area contributed by atoms with Crippen LogP contribution in [-0.4, -0.2) is 43.6 Å². The minimum atomic E-state index is -0.726. The van der Waals surface area contributed by atoms with Gasteiger partial charge in [-0.1, -0.05) is 92.7 Å². The van der Waals surface area contributed by atoms with Crippen LogP contribution in [0.3, 0.4) is 0 Å². The summed E-state index contributed by atoms with van der Waals surface area (Å²) in [7, 11) is 0. The van der Waals surface area contributed by atoms with Gasteiger partial charge in [0.2, 0.25) is 5.91 Å². The molecular weight excluding hydrogens is 492 g/mol. The molecule has 3 aromatic carbocycles. The molecule has 0 saturated carbocycles. The lowest BCUT2D eigenvalue weighted by molar-refractivity contribution is -0.139. The number of rotatable bonds is 10. The first kappa shape index (κ1) is 26.9. The van der Waals surface area contributed by atoms with Crippen LogP contribution in [0, 0.1) is 5.92 Å². The average molecular weight is 529 g/mol. The molecule has 1 aliphatic heterocycles. The number of carbonyl (C=O) groups excluding carboxylic acids is 2. The fourth-order valence-electron chi connectivity index (χ4n) is 5.39. The number of ether oxygens (including phenoxy) is 3. The highest BCUT2D eigenvalue weighted by molar-refractivity contribution is 5.86. The molecular formula is C32H36N2O5. The van der Waals surface area contributed by atoms with E-state index in [0.717, 1.165) is 16.7 Å². The fourth-order valence-corrected chi connectivity index (χ4v) is 5.39. The van der Waals surface area contributed by atoms with Gasteiger partial charge in [-0.3, -0.25) is 4.79 Å². The van der Waals surface area contributed by atoms with Gasteiger partial charge in [-0.2, -0.15) is 0 Å². The molecule has 7 heteroatoms. The molecule has 1 heterocycles. The maximum absolute atomic E-state index is 13.3. The van der Waals surface area contributed by atoms with Gasteiger partial charge < -0.3 is 24.8 Å². The van der Waals surface area contributed by atoms with Crippen LogP contribution >= 0.6 is 0 Å². The standard InChI is InChI=1S/C32H36N2O5/c1-21(2)18-29(30(35)33-28-16-17-37-31(28)38-19-22-10-4-3-5-11-22)34-32(36)39-20-27-25-14-8-6-12-23(25)24-13-7-9-15-26(24)27/h3-15,21,27-29,31H,16-20H2,1-2H3,(H,33,35)(H,34,36)/t28-,29-,31?/m0/s1. The lowest BCUT2D eigenvalue weighted by atomic mass is 9.98. The van der Waals surface area contributed by atoms with Crippen LogP contribution in [-0.2, 0) is 25.6 Å². The van der Waals surface area contributed by atoms with Gasteiger partial charge in [-0.15, -0.1) is 0 Å². The number of hydrogen-bond donors (Lipinski definition) is 2. The molecule has 204 valence electrons. The van der Waals surface area contributed by atoms with Gasteiger partial charge in [-0.25, -0.2) is 4.79 Å². The van der Waals surface area contributed by atoms with Crippen molar-refractivity contribution in [1.82, 2.24) is 10.6 Å². The van der Waals surface area contributed by atoms with Crippen molar-refractivity contribution in [2.45, 2.75) is 57.6 Å². The molecule has 1 aliphatic carbocycles. The SMILES string of the molecule is CC(C)C[C@H](NC(=O)OCC1c2ccccc2-c2ccccc21)C(=O)N[C@H]1CCOC1OCc1ccccc1. The molecule has 2 N–H and O–H groups in total. The zero-order chi connectivity index (χ0) is 27.2. The number of hydrogen-bond acceptors (Lipinski definition) is 5. The van der Waals surface area contributed by atoms with Gasteiger partial charge in [0.25, 0.3) is 0 Å². The van der Waals surface area contributed by atoms with Crippen LogP contribution in [0.25, 0.3) is 11.1 Å². The van der Waals surface area contributed by atoms with E-state index < -0.39 is 18.4 Å². The second-order valence-corrected chi connectivity index (χ2v) is 10.6. The first-order valence-electron chi connectivity index (χ1n) is 13.7. The minimum absolute atomic E-state index is 0.0429. The molecule has 7 nitrogen and oxygen atoms in total. The Balaban J connectivity index is 1.18. The number of amides is 2. The smallest absolute Gasteiger partial charge is 0.407 e. The third-order valence-corrected chi connectivity index (χ3v) is 7.28. The number of alkyl carbamates (subject to hydrolysis) is 1. The van der Waals surface area contributed by atoms with E-state index in [2.05, 4.69) is 34.9 Å². The van der Waals surface area contributed by atoms with Gasteiger partial charge in [0.1, 0.15) is 12.6 Å². The fraction of sp³-hybridized carbons (Fsp3) is 0.375. The van der Waals surface area contributed by atoms with Crippen molar-refractivity contribution in [2.24, 2.45) is 5.92 Å². The van der Waals surface area contributed by atoms with Crippen molar-refractivity contribution in [3.8, 4) is 11.1 Å². The molecule has 1 saturated heterocycles. The molecule has 1 fully saturated rings. The van der Waals surface area contributed by atoms with Crippen molar-refractivity contribution in [3.05, 3.63) is 95.6 Å². The number of benzene rings is 3.